The second-order valence-electron chi connectivity index (χ2n) is 4.89. The number of fused-ring (bicyclic) bond motifs is 1. The molecule has 102 valence electrons. The Bertz CT molecular complexity index is 730. The highest BCUT2D eigenvalue weighted by Gasteiger charge is 2.46. The van der Waals surface area contributed by atoms with Crippen LogP contribution in [0.4, 0.5) is 5.69 Å². The predicted octanol–water partition coefficient (Wildman–Crippen LogP) is 3.46. The largest absolute Gasteiger partial charge is 0.324 e. The highest BCUT2D eigenvalue weighted by atomic mass is 35.5. The van der Waals surface area contributed by atoms with Crippen LogP contribution in [-0.2, 0) is 10.3 Å². The van der Waals surface area contributed by atoms with E-state index in [-0.39, 0.29) is 5.91 Å². The lowest BCUT2D eigenvalue weighted by Crippen LogP contribution is -2.44. The Kier molecular flexibility index (Phi) is 3.01. The molecule has 1 aliphatic heterocycles. The number of rotatable bonds is 1. The lowest BCUT2D eigenvalue weighted by molar-refractivity contribution is -0.119. The summed E-state index contributed by atoms with van der Waals surface area (Å²) in [6, 6.07) is 10.6. The second-order valence-corrected chi connectivity index (χ2v) is 5.70. The van der Waals surface area contributed by atoms with E-state index in [2.05, 4.69) is 5.32 Å². The second kappa shape index (κ2) is 4.48. The molecule has 2 aromatic rings. The number of halogens is 2. The normalized spacial score (nSPS) is 20.7. The number of hydrogen-bond donors (Lipinski definition) is 2. The fourth-order valence-corrected chi connectivity index (χ4v) is 2.95. The van der Waals surface area contributed by atoms with Crippen LogP contribution in [0.2, 0.25) is 10.0 Å². The number of carbonyl (C=O) groups excluding carboxylic acids is 1. The number of aryl methyl sites for hydroxylation is 1. The minimum atomic E-state index is -1.31. The lowest BCUT2D eigenvalue weighted by Gasteiger charge is -2.24. The molecule has 0 spiro atoms. The van der Waals surface area contributed by atoms with Gasteiger partial charge < -0.3 is 11.1 Å². The van der Waals surface area contributed by atoms with E-state index in [9.17, 15) is 4.79 Å². The molecule has 0 bridgehead atoms. The minimum Gasteiger partial charge on any atom is -0.324 e. The first-order valence-corrected chi connectivity index (χ1v) is 6.86. The molecule has 1 amide bonds. The van der Waals surface area contributed by atoms with Gasteiger partial charge in [0.15, 0.2) is 5.54 Å². The number of nitrogens with two attached hydrogens (primary N) is 1. The first-order chi connectivity index (χ1) is 9.44. The molecule has 1 atom stereocenters. The summed E-state index contributed by atoms with van der Waals surface area (Å²) in [5.41, 5.74) is 7.86. The molecular formula is C15H12Cl2N2O. The first kappa shape index (κ1) is 13.4. The molecule has 1 heterocycles. The zero-order valence-corrected chi connectivity index (χ0v) is 12.2. The smallest absolute Gasteiger partial charge is 0.253 e. The Morgan fingerprint density at radius 2 is 1.80 bits per heavy atom. The SMILES string of the molecule is Cc1cc2c(cc1Cl)C(N)(c1ccccc1Cl)C(=O)N2. The molecule has 0 aromatic heterocycles. The summed E-state index contributed by atoms with van der Waals surface area (Å²) >= 11 is 12.4. The lowest BCUT2D eigenvalue weighted by atomic mass is 9.84. The number of hydrogen-bond acceptors (Lipinski definition) is 2. The van der Waals surface area contributed by atoms with Crippen molar-refractivity contribution in [2.24, 2.45) is 5.73 Å². The molecule has 0 saturated heterocycles. The summed E-state index contributed by atoms with van der Waals surface area (Å²) < 4.78 is 0. The molecule has 3 nitrogen and oxygen atoms in total. The third-order valence-corrected chi connectivity index (χ3v) is 4.37. The number of benzene rings is 2. The van der Waals surface area contributed by atoms with Crippen LogP contribution >= 0.6 is 23.2 Å². The molecule has 0 radical (unpaired) electrons. The van der Waals surface area contributed by atoms with Crippen molar-refractivity contribution in [3.05, 3.63) is 63.1 Å². The van der Waals surface area contributed by atoms with Gasteiger partial charge in [-0.15, -0.1) is 0 Å². The van der Waals surface area contributed by atoms with Crippen molar-refractivity contribution in [1.29, 1.82) is 0 Å². The van der Waals surface area contributed by atoms with Crippen LogP contribution in [0, 0.1) is 6.92 Å². The highest BCUT2D eigenvalue weighted by molar-refractivity contribution is 6.33. The number of nitrogens with one attached hydrogen (secondary N) is 1. The summed E-state index contributed by atoms with van der Waals surface area (Å²) in [5, 5.41) is 3.83. The van der Waals surface area contributed by atoms with Crippen molar-refractivity contribution in [3.8, 4) is 0 Å². The summed E-state index contributed by atoms with van der Waals surface area (Å²) in [4.78, 5) is 12.4. The van der Waals surface area contributed by atoms with Crippen LogP contribution in [0.1, 0.15) is 16.7 Å². The van der Waals surface area contributed by atoms with Crippen molar-refractivity contribution in [2.45, 2.75) is 12.5 Å². The zero-order chi connectivity index (χ0) is 14.5. The van der Waals surface area contributed by atoms with Crippen LogP contribution in [0.25, 0.3) is 0 Å². The van der Waals surface area contributed by atoms with Gasteiger partial charge in [0.2, 0.25) is 0 Å². The number of anilines is 1. The highest BCUT2D eigenvalue weighted by Crippen LogP contribution is 2.43. The van der Waals surface area contributed by atoms with E-state index in [0.29, 0.717) is 26.9 Å². The Balaban J connectivity index is 2.29. The Labute approximate surface area is 126 Å². The van der Waals surface area contributed by atoms with E-state index < -0.39 is 5.54 Å². The van der Waals surface area contributed by atoms with Crippen molar-refractivity contribution in [2.75, 3.05) is 5.32 Å². The first-order valence-electron chi connectivity index (χ1n) is 6.10. The average molecular weight is 307 g/mol. The van der Waals surface area contributed by atoms with Gasteiger partial charge >= 0.3 is 0 Å². The minimum absolute atomic E-state index is 0.303. The molecule has 20 heavy (non-hydrogen) atoms. The van der Waals surface area contributed by atoms with Crippen LogP contribution < -0.4 is 11.1 Å². The molecule has 1 unspecified atom stereocenters. The quantitative estimate of drug-likeness (QED) is 0.848. The van der Waals surface area contributed by atoms with Gasteiger partial charge in [-0.2, -0.15) is 0 Å². The van der Waals surface area contributed by atoms with Crippen molar-refractivity contribution >= 4 is 34.8 Å². The maximum Gasteiger partial charge on any atom is 0.253 e. The van der Waals surface area contributed by atoms with E-state index in [1.54, 1.807) is 30.3 Å². The van der Waals surface area contributed by atoms with Crippen LogP contribution in [0.5, 0.6) is 0 Å². The maximum atomic E-state index is 12.4. The zero-order valence-electron chi connectivity index (χ0n) is 10.7. The molecule has 5 heteroatoms. The van der Waals surface area contributed by atoms with Gasteiger partial charge in [0.25, 0.3) is 5.91 Å². The van der Waals surface area contributed by atoms with Gasteiger partial charge in [0.1, 0.15) is 0 Å². The Morgan fingerprint density at radius 1 is 1.10 bits per heavy atom. The van der Waals surface area contributed by atoms with E-state index >= 15 is 0 Å². The molecule has 3 N–H and O–H groups in total. The molecule has 3 rings (SSSR count). The summed E-state index contributed by atoms with van der Waals surface area (Å²) in [5.74, 6) is -0.303. The third kappa shape index (κ3) is 1.74. The topological polar surface area (TPSA) is 55.1 Å². The Morgan fingerprint density at radius 3 is 2.50 bits per heavy atom. The molecule has 2 aromatic carbocycles. The van der Waals surface area contributed by atoms with E-state index in [1.165, 1.54) is 0 Å². The van der Waals surface area contributed by atoms with Crippen LogP contribution in [0.15, 0.2) is 36.4 Å². The molecular weight excluding hydrogens is 295 g/mol. The maximum absolute atomic E-state index is 12.4. The monoisotopic (exact) mass is 306 g/mol. The third-order valence-electron chi connectivity index (χ3n) is 3.63. The van der Waals surface area contributed by atoms with Crippen molar-refractivity contribution < 1.29 is 4.79 Å². The van der Waals surface area contributed by atoms with Gasteiger partial charge in [-0.1, -0.05) is 41.4 Å². The van der Waals surface area contributed by atoms with E-state index in [0.717, 1.165) is 5.56 Å². The summed E-state index contributed by atoms with van der Waals surface area (Å²) in [6.07, 6.45) is 0. The summed E-state index contributed by atoms with van der Waals surface area (Å²) in [6.45, 7) is 1.88. The van der Waals surface area contributed by atoms with E-state index in [4.69, 9.17) is 28.9 Å². The Hall–Kier alpha value is -1.55. The molecule has 0 saturated carbocycles. The van der Waals surface area contributed by atoms with Crippen molar-refractivity contribution in [1.82, 2.24) is 0 Å². The van der Waals surface area contributed by atoms with Gasteiger partial charge in [-0.25, -0.2) is 0 Å². The fourth-order valence-electron chi connectivity index (χ4n) is 2.50. The molecule has 0 aliphatic carbocycles. The van der Waals surface area contributed by atoms with Gasteiger partial charge in [-0.05, 0) is 30.7 Å². The van der Waals surface area contributed by atoms with Gasteiger partial charge in [0, 0.05) is 26.9 Å². The van der Waals surface area contributed by atoms with E-state index in [1.807, 2.05) is 13.0 Å². The molecule has 1 aliphatic rings. The summed E-state index contributed by atoms with van der Waals surface area (Å²) in [7, 11) is 0. The van der Waals surface area contributed by atoms with Crippen LogP contribution in [0.3, 0.4) is 0 Å². The van der Waals surface area contributed by atoms with Crippen LogP contribution in [-0.4, -0.2) is 5.91 Å². The number of amides is 1. The number of carbonyl (C=O) groups is 1. The van der Waals surface area contributed by atoms with Gasteiger partial charge in [-0.3, -0.25) is 4.79 Å². The standard InChI is InChI=1S/C15H12Cl2N2O/c1-8-6-13-10(7-12(8)17)15(18,14(20)19-13)9-4-2-3-5-11(9)16/h2-7H,18H2,1H3,(H,19,20). The average Bonchev–Trinajstić information content (AvgIpc) is 2.64. The predicted molar refractivity (Wildman–Crippen MR) is 81.2 cm³/mol. The van der Waals surface area contributed by atoms with Crippen molar-refractivity contribution in [3.63, 3.8) is 0 Å². The van der Waals surface area contributed by atoms with Gasteiger partial charge in [0.05, 0.1) is 0 Å². The fraction of sp³-hybridized carbons (Fsp3) is 0.133. The molecule has 0 fully saturated rings.